The summed E-state index contributed by atoms with van der Waals surface area (Å²) in [5, 5.41) is 62.6. The van der Waals surface area contributed by atoms with Crippen LogP contribution in [0, 0.1) is 0 Å². The van der Waals surface area contributed by atoms with Gasteiger partial charge >= 0.3 is 17.9 Å². The van der Waals surface area contributed by atoms with Crippen molar-refractivity contribution in [3.63, 3.8) is 0 Å². The zero-order chi connectivity index (χ0) is 29.0. The zero-order valence-corrected chi connectivity index (χ0v) is 21.3. The molecule has 3 rings (SSSR count). The molecule has 0 aromatic heterocycles. The Kier molecular flexibility index (Phi) is 10.9. The predicted octanol–water partition coefficient (Wildman–Crippen LogP) is -4.58. The Morgan fingerprint density at radius 1 is 0.692 bits per heavy atom. The maximum atomic E-state index is 11.5. The van der Waals surface area contributed by atoms with E-state index in [1.807, 2.05) is 0 Å². The summed E-state index contributed by atoms with van der Waals surface area (Å²) in [4.78, 5) is 34.4. The second-order valence-electron chi connectivity index (χ2n) is 9.22. The highest BCUT2D eigenvalue weighted by atomic mass is 16.8. The summed E-state index contributed by atoms with van der Waals surface area (Å²) < 4.78 is 42.3. The lowest BCUT2D eigenvalue weighted by molar-refractivity contribution is -0.376. The van der Waals surface area contributed by atoms with E-state index in [0.717, 1.165) is 20.8 Å². The van der Waals surface area contributed by atoms with Crippen LogP contribution in [0.2, 0.25) is 0 Å². The number of esters is 3. The Labute approximate surface area is 222 Å². The largest absolute Gasteiger partial charge is 0.463 e. The van der Waals surface area contributed by atoms with Gasteiger partial charge in [0.2, 0.25) is 0 Å². The molecule has 3 fully saturated rings. The molecule has 6 N–H and O–H groups in total. The van der Waals surface area contributed by atoms with Crippen LogP contribution in [-0.4, -0.2) is 148 Å². The second kappa shape index (κ2) is 13.6. The maximum Gasteiger partial charge on any atom is 0.303 e. The van der Waals surface area contributed by atoms with Gasteiger partial charge in [-0.05, 0) is 0 Å². The molecular weight excluding hydrogens is 536 g/mol. The number of hydrogen-bond acceptors (Lipinski definition) is 17. The summed E-state index contributed by atoms with van der Waals surface area (Å²) in [6.07, 6.45) is -21.0. The van der Waals surface area contributed by atoms with Crippen LogP contribution in [0.25, 0.3) is 0 Å². The predicted molar refractivity (Wildman–Crippen MR) is 118 cm³/mol. The quantitative estimate of drug-likeness (QED) is 0.119. The van der Waals surface area contributed by atoms with Gasteiger partial charge in [0.05, 0.1) is 13.2 Å². The van der Waals surface area contributed by atoms with Crippen molar-refractivity contribution in [2.24, 2.45) is 0 Å². The van der Waals surface area contributed by atoms with Crippen molar-refractivity contribution < 1.29 is 82.9 Å². The number of aliphatic hydroxyl groups is 6. The van der Waals surface area contributed by atoms with Crippen LogP contribution in [-0.2, 0) is 52.3 Å². The van der Waals surface area contributed by atoms with Crippen LogP contribution >= 0.6 is 0 Å². The van der Waals surface area contributed by atoms with Crippen LogP contribution in [0.1, 0.15) is 20.8 Å². The summed E-state index contributed by atoms with van der Waals surface area (Å²) in [5.41, 5.74) is 0. The fourth-order valence-corrected chi connectivity index (χ4v) is 4.26. The molecular formula is C22H34O17. The molecule has 0 aromatic rings. The van der Waals surface area contributed by atoms with Gasteiger partial charge in [-0.25, -0.2) is 0 Å². The van der Waals surface area contributed by atoms with Crippen LogP contribution in [0.4, 0.5) is 0 Å². The number of aliphatic hydroxyl groups excluding tert-OH is 6. The summed E-state index contributed by atoms with van der Waals surface area (Å²) >= 11 is 0. The molecule has 0 saturated carbocycles. The van der Waals surface area contributed by atoms with Crippen molar-refractivity contribution in [3.8, 4) is 0 Å². The van der Waals surface area contributed by atoms with Crippen LogP contribution in [0.5, 0.6) is 0 Å². The van der Waals surface area contributed by atoms with Gasteiger partial charge < -0.3 is 68.5 Å². The standard InChI is InChI=1S/C22H34O17/c1-7(23)32-6-12-17(36-9(3)25)15(29)16(30)21(37-12)39-19-14(28)11(35-8(2)24)5-34-22(19)38-18-13(27)10(26)4-33-20(18)31/h10-22,26-31H,4-6H2,1-3H3/t10-,11-,12-,13+,14+,15-,16-,17-,18-,19-,20?,21+,22+/m1/s1. The third-order valence-electron chi connectivity index (χ3n) is 6.15. The molecule has 3 aliphatic rings. The summed E-state index contributed by atoms with van der Waals surface area (Å²) in [6.45, 7) is 1.90. The molecule has 3 heterocycles. The van der Waals surface area contributed by atoms with Crippen molar-refractivity contribution in [2.45, 2.75) is 101 Å². The van der Waals surface area contributed by atoms with Gasteiger partial charge in [-0.2, -0.15) is 0 Å². The Bertz CT molecular complexity index is 854. The smallest absolute Gasteiger partial charge is 0.303 e. The van der Waals surface area contributed by atoms with Crippen LogP contribution < -0.4 is 0 Å². The summed E-state index contributed by atoms with van der Waals surface area (Å²) in [6, 6.07) is 0. The first-order valence-corrected chi connectivity index (χ1v) is 12.1. The minimum atomic E-state index is -1.90. The van der Waals surface area contributed by atoms with Gasteiger partial charge in [-0.15, -0.1) is 0 Å². The fraction of sp³-hybridized carbons (Fsp3) is 0.864. The van der Waals surface area contributed by atoms with E-state index in [1.165, 1.54) is 0 Å². The molecule has 0 bridgehead atoms. The molecule has 17 heteroatoms. The average molecular weight is 570 g/mol. The lowest BCUT2D eigenvalue weighted by Gasteiger charge is -2.46. The minimum absolute atomic E-state index is 0.391. The number of hydrogen-bond donors (Lipinski definition) is 6. The highest BCUT2D eigenvalue weighted by molar-refractivity contribution is 5.67. The molecule has 0 radical (unpaired) electrons. The Morgan fingerprint density at radius 3 is 1.95 bits per heavy atom. The molecule has 0 aromatic carbocycles. The lowest BCUT2D eigenvalue weighted by Crippen LogP contribution is -2.65. The van der Waals surface area contributed by atoms with Crippen LogP contribution in [0.3, 0.4) is 0 Å². The number of carbonyl (C=O) groups excluding carboxylic acids is 3. The highest BCUT2D eigenvalue weighted by Crippen LogP contribution is 2.31. The van der Waals surface area contributed by atoms with E-state index < -0.39 is 118 Å². The van der Waals surface area contributed by atoms with Gasteiger partial charge in [0.15, 0.2) is 31.1 Å². The third kappa shape index (κ3) is 7.80. The van der Waals surface area contributed by atoms with Crippen molar-refractivity contribution in [1.29, 1.82) is 0 Å². The van der Waals surface area contributed by atoms with Gasteiger partial charge in [-0.3, -0.25) is 14.4 Å². The van der Waals surface area contributed by atoms with Crippen molar-refractivity contribution in [1.82, 2.24) is 0 Å². The Hall–Kier alpha value is -2.03. The van der Waals surface area contributed by atoms with Crippen molar-refractivity contribution in [3.05, 3.63) is 0 Å². The van der Waals surface area contributed by atoms with E-state index >= 15 is 0 Å². The average Bonchev–Trinajstić information content (AvgIpc) is 2.85. The van der Waals surface area contributed by atoms with Gasteiger partial charge in [0, 0.05) is 20.8 Å². The van der Waals surface area contributed by atoms with E-state index in [0.29, 0.717) is 0 Å². The minimum Gasteiger partial charge on any atom is -0.463 e. The van der Waals surface area contributed by atoms with Crippen molar-refractivity contribution in [2.75, 3.05) is 19.8 Å². The first kappa shape index (κ1) is 31.5. The highest BCUT2D eigenvalue weighted by Gasteiger charge is 2.53. The third-order valence-corrected chi connectivity index (χ3v) is 6.15. The van der Waals surface area contributed by atoms with E-state index in [4.69, 9.17) is 37.9 Å². The molecule has 1 unspecified atom stereocenters. The molecule has 13 atom stereocenters. The van der Waals surface area contributed by atoms with E-state index in [1.54, 1.807) is 0 Å². The zero-order valence-electron chi connectivity index (χ0n) is 21.3. The van der Waals surface area contributed by atoms with Crippen LogP contribution in [0.15, 0.2) is 0 Å². The molecule has 39 heavy (non-hydrogen) atoms. The molecule has 0 amide bonds. The number of ether oxygens (including phenoxy) is 8. The maximum absolute atomic E-state index is 11.5. The van der Waals surface area contributed by atoms with E-state index in [-0.39, 0.29) is 0 Å². The van der Waals surface area contributed by atoms with Gasteiger partial charge in [-0.1, -0.05) is 0 Å². The normalized spacial score (nSPS) is 42.8. The fourth-order valence-electron chi connectivity index (χ4n) is 4.26. The number of carbonyl (C=O) groups is 3. The first-order valence-electron chi connectivity index (χ1n) is 12.1. The topological polar surface area (TPSA) is 246 Å². The van der Waals surface area contributed by atoms with E-state index in [2.05, 4.69) is 0 Å². The monoisotopic (exact) mass is 570 g/mol. The van der Waals surface area contributed by atoms with Gasteiger partial charge in [0.25, 0.3) is 0 Å². The molecule has 224 valence electrons. The molecule has 17 nitrogen and oxygen atoms in total. The Morgan fingerprint density at radius 2 is 1.33 bits per heavy atom. The second-order valence-corrected chi connectivity index (χ2v) is 9.22. The van der Waals surface area contributed by atoms with Crippen molar-refractivity contribution >= 4 is 17.9 Å². The molecule has 3 saturated heterocycles. The molecule has 0 spiro atoms. The first-order chi connectivity index (χ1) is 18.3. The Balaban J connectivity index is 1.84. The van der Waals surface area contributed by atoms with E-state index in [9.17, 15) is 45.0 Å². The molecule has 3 aliphatic heterocycles. The summed E-state index contributed by atoms with van der Waals surface area (Å²) in [7, 11) is 0. The SMILES string of the molecule is CC(=O)OC[C@H]1O[C@@H](O[C@H]2[C@H](O[C@H]3C(O)OC[C@@H](O)[C@@H]3O)OC[C@@H](OC(C)=O)[C@@H]2O)[C@H](O)[C@@H](O)[C@@H]1OC(C)=O. The molecule has 0 aliphatic carbocycles. The summed E-state index contributed by atoms with van der Waals surface area (Å²) in [5.74, 6) is -2.32. The van der Waals surface area contributed by atoms with Gasteiger partial charge in [0.1, 0.15) is 55.4 Å². The number of rotatable bonds is 8. The lowest BCUT2D eigenvalue weighted by atomic mass is 9.98.